The highest BCUT2D eigenvalue weighted by molar-refractivity contribution is 9.10. The van der Waals surface area contributed by atoms with Crippen LogP contribution in [0.15, 0.2) is 30.7 Å². The number of aromatic nitrogens is 2. The fourth-order valence-corrected chi connectivity index (χ4v) is 1.26. The lowest BCUT2D eigenvalue weighted by Gasteiger charge is -1.93. The van der Waals surface area contributed by atoms with Crippen molar-refractivity contribution >= 4 is 27.0 Å². The molecule has 0 bridgehead atoms. The normalized spacial score (nSPS) is 10.5. The van der Waals surface area contributed by atoms with Crippen molar-refractivity contribution in [2.24, 2.45) is 0 Å². The Balaban J connectivity index is 3.03. The molecule has 0 aliphatic carbocycles. The molecule has 0 aliphatic rings. The lowest BCUT2D eigenvalue weighted by molar-refractivity contribution is 0.526. The van der Waals surface area contributed by atoms with E-state index in [9.17, 15) is 9.59 Å². The highest BCUT2D eigenvalue weighted by atomic mass is 79.9. The monoisotopic (exact) mass is 242 g/mol. The number of halogens is 1. The maximum atomic E-state index is 11.1. The predicted molar refractivity (Wildman–Crippen MR) is 48.6 cm³/mol. The maximum Gasteiger partial charge on any atom is 0.419 e. The topological polar surface area (TPSA) is 76.0 Å². The molecule has 2 aromatic heterocycles. The average Bonchev–Trinajstić information content (AvgIpc) is 2.02. The quantitative estimate of drug-likeness (QED) is 0.736. The fraction of sp³-hybridized carbons (Fsp3) is 0. The van der Waals surface area contributed by atoms with Crippen molar-refractivity contribution in [1.29, 1.82) is 0 Å². The number of pyridine rings is 1. The van der Waals surface area contributed by atoms with Gasteiger partial charge in [0.1, 0.15) is 0 Å². The van der Waals surface area contributed by atoms with Gasteiger partial charge in [0, 0.05) is 10.7 Å². The van der Waals surface area contributed by atoms with Crippen LogP contribution < -0.4 is 11.3 Å². The van der Waals surface area contributed by atoms with Crippen molar-refractivity contribution in [1.82, 2.24) is 9.97 Å². The van der Waals surface area contributed by atoms with Gasteiger partial charge in [-0.05, 0) is 22.0 Å². The molecule has 0 fully saturated rings. The molecular weight excluding hydrogens is 240 g/mol. The molecule has 2 rings (SSSR count). The third-order valence-corrected chi connectivity index (χ3v) is 1.89. The van der Waals surface area contributed by atoms with E-state index in [0.29, 0.717) is 4.47 Å². The van der Waals surface area contributed by atoms with Gasteiger partial charge in [-0.25, -0.2) is 9.78 Å². The minimum Gasteiger partial charge on any atom is -0.407 e. The molecule has 0 aromatic carbocycles. The first-order valence-corrected chi connectivity index (χ1v) is 4.15. The van der Waals surface area contributed by atoms with Crippen LogP contribution >= 0.6 is 15.9 Å². The van der Waals surface area contributed by atoms with E-state index in [4.69, 9.17) is 4.42 Å². The number of hydrogen-bond acceptors (Lipinski definition) is 4. The second-order valence-electron chi connectivity index (χ2n) is 2.34. The molecule has 5 nitrogen and oxygen atoms in total. The number of nitrogens with zero attached hydrogens (tertiary/aromatic N) is 1. The number of hydrogen-bond donors (Lipinski definition) is 1. The van der Waals surface area contributed by atoms with Crippen molar-refractivity contribution in [2.45, 2.75) is 0 Å². The third-order valence-electron chi connectivity index (χ3n) is 1.45. The standard InChI is InChI=1S/C7H3BrN2O3/c8-3-1-4-5(9-2-3)6(11)10-7(12)13-4/h1-2H,(H,10,11,12). The third kappa shape index (κ3) is 1.40. The van der Waals surface area contributed by atoms with E-state index >= 15 is 0 Å². The minimum atomic E-state index is -0.780. The van der Waals surface area contributed by atoms with Gasteiger partial charge in [-0.15, -0.1) is 0 Å². The Bertz CT molecular complexity index is 572. The van der Waals surface area contributed by atoms with Crippen LogP contribution in [0.4, 0.5) is 0 Å². The van der Waals surface area contributed by atoms with Gasteiger partial charge in [0.2, 0.25) is 0 Å². The van der Waals surface area contributed by atoms with Crippen LogP contribution in [0.25, 0.3) is 11.1 Å². The first kappa shape index (κ1) is 8.18. The summed E-state index contributed by atoms with van der Waals surface area (Å²) >= 11 is 3.14. The van der Waals surface area contributed by atoms with E-state index in [-0.39, 0.29) is 11.1 Å². The van der Waals surface area contributed by atoms with E-state index in [0.717, 1.165) is 0 Å². The SMILES string of the molecule is O=c1[nH]c(=O)c2ncc(Br)cc2o1. The molecule has 13 heavy (non-hydrogen) atoms. The average molecular weight is 243 g/mol. The summed E-state index contributed by atoms with van der Waals surface area (Å²) in [6.45, 7) is 0. The largest absolute Gasteiger partial charge is 0.419 e. The van der Waals surface area contributed by atoms with E-state index < -0.39 is 11.3 Å². The van der Waals surface area contributed by atoms with Crippen molar-refractivity contribution < 1.29 is 4.42 Å². The minimum absolute atomic E-state index is 0.114. The first-order valence-electron chi connectivity index (χ1n) is 3.35. The van der Waals surface area contributed by atoms with Crippen LogP contribution in [0.5, 0.6) is 0 Å². The molecule has 2 heterocycles. The summed E-state index contributed by atoms with van der Waals surface area (Å²) in [5.74, 6) is -0.780. The van der Waals surface area contributed by atoms with Gasteiger partial charge in [0.05, 0.1) is 0 Å². The van der Waals surface area contributed by atoms with Crippen LogP contribution in [-0.2, 0) is 0 Å². The van der Waals surface area contributed by atoms with Gasteiger partial charge in [-0.3, -0.25) is 9.78 Å². The zero-order valence-electron chi connectivity index (χ0n) is 6.20. The second-order valence-corrected chi connectivity index (χ2v) is 3.26. The molecule has 2 aromatic rings. The molecule has 0 atom stereocenters. The number of fused-ring (bicyclic) bond motifs is 1. The van der Waals surface area contributed by atoms with Crippen molar-refractivity contribution in [3.63, 3.8) is 0 Å². The van der Waals surface area contributed by atoms with Crippen LogP contribution in [-0.4, -0.2) is 9.97 Å². The molecule has 1 N–H and O–H groups in total. The Morgan fingerprint density at radius 1 is 1.46 bits per heavy atom. The summed E-state index contributed by atoms with van der Waals surface area (Å²) in [5, 5.41) is 0. The molecule has 0 saturated carbocycles. The number of rotatable bonds is 0. The van der Waals surface area contributed by atoms with E-state index in [1.807, 2.05) is 4.98 Å². The van der Waals surface area contributed by atoms with Crippen LogP contribution in [0.2, 0.25) is 0 Å². The predicted octanol–water partition coefficient (Wildman–Crippen LogP) is 0.639. The van der Waals surface area contributed by atoms with Crippen molar-refractivity contribution in [2.75, 3.05) is 0 Å². The molecule has 0 radical (unpaired) electrons. The summed E-state index contributed by atoms with van der Waals surface area (Å²) in [4.78, 5) is 27.6. The maximum absolute atomic E-state index is 11.1. The molecule has 0 saturated heterocycles. The first-order chi connectivity index (χ1) is 6.16. The number of aromatic amines is 1. The van der Waals surface area contributed by atoms with Crippen molar-refractivity contribution in [3.8, 4) is 0 Å². The zero-order chi connectivity index (χ0) is 9.42. The summed E-state index contributed by atoms with van der Waals surface area (Å²) in [7, 11) is 0. The molecule has 6 heteroatoms. The van der Waals surface area contributed by atoms with Crippen molar-refractivity contribution in [3.05, 3.63) is 37.6 Å². The molecule has 0 unspecified atom stereocenters. The van der Waals surface area contributed by atoms with Gasteiger partial charge in [0.25, 0.3) is 5.56 Å². The fourth-order valence-electron chi connectivity index (χ4n) is 0.946. The highest BCUT2D eigenvalue weighted by Gasteiger charge is 2.03. The summed E-state index contributed by atoms with van der Waals surface area (Å²) in [5.41, 5.74) is -0.260. The van der Waals surface area contributed by atoms with Crippen LogP contribution in [0, 0.1) is 0 Å². The number of H-pyrrole nitrogens is 1. The Hall–Kier alpha value is -1.43. The molecule has 0 spiro atoms. The van der Waals surface area contributed by atoms with E-state index in [1.165, 1.54) is 12.3 Å². The summed E-state index contributed by atoms with van der Waals surface area (Å²) in [6.07, 6.45) is 1.46. The Kier molecular flexibility index (Phi) is 1.77. The van der Waals surface area contributed by atoms with Crippen LogP contribution in [0.3, 0.4) is 0 Å². The Morgan fingerprint density at radius 3 is 3.00 bits per heavy atom. The van der Waals surface area contributed by atoms with E-state index in [1.54, 1.807) is 0 Å². The summed E-state index contributed by atoms with van der Waals surface area (Å²) in [6, 6.07) is 1.51. The molecule has 0 aliphatic heterocycles. The van der Waals surface area contributed by atoms with E-state index in [2.05, 4.69) is 20.9 Å². The Labute approximate surface area is 79.5 Å². The second kappa shape index (κ2) is 2.81. The van der Waals surface area contributed by atoms with Gasteiger partial charge < -0.3 is 4.42 Å². The highest BCUT2D eigenvalue weighted by Crippen LogP contribution is 2.12. The number of nitrogens with one attached hydrogen (secondary N) is 1. The van der Waals surface area contributed by atoms with Crippen LogP contribution in [0.1, 0.15) is 0 Å². The van der Waals surface area contributed by atoms with Gasteiger partial charge in [0.15, 0.2) is 11.1 Å². The van der Waals surface area contributed by atoms with Gasteiger partial charge in [-0.2, -0.15) is 0 Å². The lowest BCUT2D eigenvalue weighted by atomic mass is 10.4. The lowest BCUT2D eigenvalue weighted by Crippen LogP contribution is -2.18. The summed E-state index contributed by atoms with van der Waals surface area (Å²) < 4.78 is 5.37. The zero-order valence-corrected chi connectivity index (χ0v) is 7.79. The molecule has 66 valence electrons. The Morgan fingerprint density at radius 2 is 2.23 bits per heavy atom. The van der Waals surface area contributed by atoms with Gasteiger partial charge >= 0.3 is 5.76 Å². The smallest absolute Gasteiger partial charge is 0.407 e. The van der Waals surface area contributed by atoms with Gasteiger partial charge in [-0.1, -0.05) is 0 Å². The molecule has 0 amide bonds. The molecular formula is C7H3BrN2O3.